The molecule has 2 aromatic heterocycles. The minimum atomic E-state index is -3.65. The Bertz CT molecular complexity index is 1690. The molecule has 4 aromatic rings. The van der Waals surface area contributed by atoms with Gasteiger partial charge in [0.25, 0.3) is 5.91 Å². The van der Waals surface area contributed by atoms with Crippen LogP contribution in [0.3, 0.4) is 0 Å². The molecule has 0 bridgehead atoms. The van der Waals surface area contributed by atoms with Crippen LogP contribution in [0.1, 0.15) is 46.3 Å². The minimum absolute atomic E-state index is 0.00188. The van der Waals surface area contributed by atoms with Crippen LogP contribution in [0, 0.1) is 12.7 Å². The lowest BCUT2D eigenvalue weighted by Crippen LogP contribution is -2.30. The van der Waals surface area contributed by atoms with E-state index in [4.69, 9.17) is 8.94 Å². The quantitative estimate of drug-likeness (QED) is 0.412. The highest BCUT2D eigenvalue weighted by molar-refractivity contribution is 7.89. The Kier molecular flexibility index (Phi) is 5.09. The normalized spacial score (nSPS) is 18.3. The second-order valence-electron chi connectivity index (χ2n) is 8.87. The molecule has 6 rings (SSSR count). The van der Waals surface area contributed by atoms with Crippen molar-refractivity contribution < 1.29 is 26.5 Å². The topological polar surface area (TPSA) is 114 Å². The molecule has 0 spiro atoms. The second kappa shape index (κ2) is 8.10. The van der Waals surface area contributed by atoms with Crippen LogP contribution < -0.4 is 10.3 Å². The number of sulfonamides is 1. The predicted octanol–water partition coefficient (Wildman–Crippen LogP) is 3.76. The average Bonchev–Trinajstić information content (AvgIpc) is 3.60. The van der Waals surface area contributed by atoms with Crippen molar-refractivity contribution in [3.8, 4) is 0 Å². The Balaban J connectivity index is 1.52. The zero-order valence-corrected chi connectivity index (χ0v) is 19.9. The van der Waals surface area contributed by atoms with E-state index in [0.717, 1.165) is 25.0 Å². The van der Waals surface area contributed by atoms with Gasteiger partial charge in [-0.25, -0.2) is 12.8 Å². The van der Waals surface area contributed by atoms with Crippen molar-refractivity contribution in [1.29, 1.82) is 0 Å². The van der Waals surface area contributed by atoms with E-state index in [1.165, 1.54) is 27.4 Å². The van der Waals surface area contributed by atoms with Gasteiger partial charge in [0.2, 0.25) is 15.8 Å². The molecule has 9 nitrogen and oxygen atoms in total. The summed E-state index contributed by atoms with van der Waals surface area (Å²) in [5.41, 5.74) is 0.0122. The van der Waals surface area contributed by atoms with E-state index in [0.29, 0.717) is 24.4 Å². The molecule has 0 radical (unpaired) electrons. The number of halogens is 1. The number of hydrogen-bond donors (Lipinski definition) is 0. The van der Waals surface area contributed by atoms with Crippen molar-refractivity contribution >= 4 is 32.7 Å². The van der Waals surface area contributed by atoms with Crippen molar-refractivity contribution in [2.75, 3.05) is 18.0 Å². The van der Waals surface area contributed by atoms with Crippen LogP contribution in [-0.2, 0) is 10.0 Å². The molecule has 2 aliphatic rings. The van der Waals surface area contributed by atoms with E-state index in [1.807, 2.05) is 0 Å². The van der Waals surface area contributed by atoms with E-state index in [-0.39, 0.29) is 33.0 Å². The van der Waals surface area contributed by atoms with Crippen LogP contribution in [0.25, 0.3) is 11.0 Å². The fourth-order valence-electron chi connectivity index (χ4n) is 4.86. The Morgan fingerprint density at radius 3 is 2.42 bits per heavy atom. The largest absolute Gasteiger partial charge is 0.450 e. The van der Waals surface area contributed by atoms with Crippen molar-refractivity contribution in [2.24, 2.45) is 0 Å². The Labute approximate surface area is 204 Å². The summed E-state index contributed by atoms with van der Waals surface area (Å²) in [7, 11) is -3.65. The number of benzene rings is 2. The molecule has 1 fully saturated rings. The van der Waals surface area contributed by atoms with Gasteiger partial charge in [0, 0.05) is 19.2 Å². The zero-order valence-electron chi connectivity index (χ0n) is 19.1. The SMILES string of the molecule is Cc1cc(N2C(=O)c3oc4ccc(F)cc4c(=O)c3C2c2ccc(S(=O)(=O)N3CCCC3)cc2)no1. The summed E-state index contributed by atoms with van der Waals surface area (Å²) in [6.45, 7) is 2.61. The van der Waals surface area contributed by atoms with Crippen LogP contribution in [0.5, 0.6) is 0 Å². The minimum Gasteiger partial charge on any atom is -0.450 e. The van der Waals surface area contributed by atoms with Gasteiger partial charge in [0.15, 0.2) is 11.2 Å². The summed E-state index contributed by atoms with van der Waals surface area (Å²) < 4.78 is 52.3. The molecule has 1 saturated heterocycles. The standard InChI is InChI=1S/C25H20FN3O6S/c1-14-12-20(27-35-14)29-22(15-4-7-17(8-5-15)36(32,33)28-10-2-3-11-28)21-23(30)18-13-16(26)6-9-19(18)34-24(21)25(29)31/h4-9,12-13,22H,2-3,10-11H2,1H3. The number of carbonyl (C=O) groups excluding carboxylic acids is 1. The summed E-state index contributed by atoms with van der Waals surface area (Å²) in [5, 5.41) is 3.95. The number of aromatic nitrogens is 1. The van der Waals surface area contributed by atoms with Crippen molar-refractivity contribution in [3.63, 3.8) is 0 Å². The molecule has 0 aliphatic carbocycles. The fraction of sp³-hybridized carbons (Fsp3) is 0.240. The summed E-state index contributed by atoms with van der Waals surface area (Å²) >= 11 is 0. The van der Waals surface area contributed by atoms with Crippen LogP contribution in [-0.4, -0.2) is 36.9 Å². The lowest BCUT2D eigenvalue weighted by molar-refractivity contribution is 0.0969. The van der Waals surface area contributed by atoms with E-state index < -0.39 is 33.2 Å². The van der Waals surface area contributed by atoms with Crippen LogP contribution in [0.2, 0.25) is 0 Å². The maximum Gasteiger partial charge on any atom is 0.296 e. The molecule has 2 aliphatic heterocycles. The molecule has 0 saturated carbocycles. The zero-order chi connectivity index (χ0) is 25.2. The Hall–Kier alpha value is -3.83. The van der Waals surface area contributed by atoms with Crippen LogP contribution in [0.15, 0.2) is 67.2 Å². The third-order valence-corrected chi connectivity index (χ3v) is 8.51. The first-order chi connectivity index (χ1) is 17.3. The summed E-state index contributed by atoms with van der Waals surface area (Å²) in [6.07, 6.45) is 1.63. The molecule has 1 amide bonds. The van der Waals surface area contributed by atoms with Gasteiger partial charge in [0.05, 0.1) is 21.9 Å². The molecule has 2 aromatic carbocycles. The second-order valence-corrected chi connectivity index (χ2v) is 10.8. The van der Waals surface area contributed by atoms with E-state index in [1.54, 1.807) is 25.1 Å². The maximum absolute atomic E-state index is 14.0. The maximum atomic E-state index is 14.0. The number of fused-ring (bicyclic) bond motifs is 2. The van der Waals surface area contributed by atoms with Gasteiger partial charge in [-0.15, -0.1) is 0 Å². The number of amides is 1. The smallest absolute Gasteiger partial charge is 0.296 e. The number of nitrogens with zero attached hydrogens (tertiary/aromatic N) is 3. The van der Waals surface area contributed by atoms with Gasteiger partial charge in [-0.2, -0.15) is 4.31 Å². The summed E-state index contributed by atoms with van der Waals surface area (Å²) in [4.78, 5) is 28.4. The van der Waals surface area contributed by atoms with E-state index in [9.17, 15) is 22.4 Å². The van der Waals surface area contributed by atoms with Crippen LogP contribution in [0.4, 0.5) is 10.2 Å². The van der Waals surface area contributed by atoms with Gasteiger partial charge in [-0.3, -0.25) is 14.5 Å². The Morgan fingerprint density at radius 2 is 1.75 bits per heavy atom. The number of aryl methyl sites for hydroxylation is 1. The first-order valence-electron chi connectivity index (χ1n) is 11.4. The lowest BCUT2D eigenvalue weighted by Gasteiger charge is -2.23. The van der Waals surface area contributed by atoms with Gasteiger partial charge < -0.3 is 8.94 Å². The van der Waals surface area contributed by atoms with Gasteiger partial charge in [0.1, 0.15) is 17.2 Å². The first-order valence-corrected chi connectivity index (χ1v) is 12.8. The van der Waals surface area contributed by atoms with Crippen molar-refractivity contribution in [3.05, 3.63) is 87.2 Å². The van der Waals surface area contributed by atoms with Gasteiger partial charge in [-0.05, 0) is 55.7 Å². The monoisotopic (exact) mass is 509 g/mol. The molecule has 4 heterocycles. The number of anilines is 1. The summed E-state index contributed by atoms with van der Waals surface area (Å²) in [6, 6.07) is 10.1. The van der Waals surface area contributed by atoms with E-state index >= 15 is 0 Å². The molecular formula is C25H20FN3O6S. The average molecular weight is 510 g/mol. The van der Waals surface area contributed by atoms with Crippen molar-refractivity contribution in [2.45, 2.75) is 30.7 Å². The number of carbonyl (C=O) groups is 1. The first kappa shape index (κ1) is 22.6. The molecule has 0 N–H and O–H groups in total. The number of rotatable bonds is 4. The lowest BCUT2D eigenvalue weighted by atomic mass is 9.98. The van der Waals surface area contributed by atoms with Gasteiger partial charge in [-0.1, -0.05) is 17.3 Å². The Morgan fingerprint density at radius 1 is 1.03 bits per heavy atom. The van der Waals surface area contributed by atoms with E-state index in [2.05, 4.69) is 5.16 Å². The predicted molar refractivity (Wildman–Crippen MR) is 127 cm³/mol. The highest BCUT2D eigenvalue weighted by Crippen LogP contribution is 2.41. The molecule has 1 atom stereocenters. The van der Waals surface area contributed by atoms with Crippen LogP contribution >= 0.6 is 0 Å². The number of hydrogen-bond acceptors (Lipinski definition) is 7. The third kappa shape index (κ3) is 3.38. The fourth-order valence-corrected chi connectivity index (χ4v) is 6.38. The third-order valence-electron chi connectivity index (χ3n) is 6.59. The van der Waals surface area contributed by atoms with Crippen molar-refractivity contribution in [1.82, 2.24) is 9.46 Å². The highest BCUT2D eigenvalue weighted by Gasteiger charge is 2.45. The molecule has 36 heavy (non-hydrogen) atoms. The highest BCUT2D eigenvalue weighted by atomic mass is 32.2. The molecule has 184 valence electrons. The molecule has 1 unspecified atom stereocenters. The molecular weight excluding hydrogens is 489 g/mol. The summed E-state index contributed by atoms with van der Waals surface area (Å²) in [5.74, 6) is -0.793. The molecule has 11 heteroatoms. The van der Waals surface area contributed by atoms with Gasteiger partial charge >= 0.3 is 0 Å².